The van der Waals surface area contributed by atoms with E-state index in [-0.39, 0.29) is 11.8 Å². The molecular weight excluding hydrogens is 246 g/mol. The van der Waals surface area contributed by atoms with Crippen molar-refractivity contribution in [2.75, 3.05) is 13.1 Å². The topological polar surface area (TPSA) is 82.5 Å². The van der Waals surface area contributed by atoms with Gasteiger partial charge < -0.3 is 15.3 Å². The molecule has 1 atom stereocenters. The molecular formula is C13H17N3O3. The first kappa shape index (κ1) is 13.5. The fraction of sp³-hybridized carbons (Fsp3) is 0.462. The number of nitrogens with zero attached hydrogens (tertiary/aromatic N) is 2. The van der Waals surface area contributed by atoms with E-state index in [0.29, 0.717) is 37.3 Å². The molecule has 2 amide bonds. The Hall–Kier alpha value is -1.95. The Morgan fingerprint density at radius 2 is 2.37 bits per heavy atom. The molecule has 6 nitrogen and oxygen atoms in total. The Bertz CT molecular complexity index is 490. The molecule has 2 rings (SSSR count). The largest absolute Gasteiger partial charge is 0.391 e. The second-order valence-corrected chi connectivity index (χ2v) is 4.64. The Morgan fingerprint density at radius 3 is 3.00 bits per heavy atom. The number of hydrogen-bond acceptors (Lipinski definition) is 4. The summed E-state index contributed by atoms with van der Waals surface area (Å²) >= 11 is 0. The summed E-state index contributed by atoms with van der Waals surface area (Å²) in [6, 6.07) is 3.31. The highest BCUT2D eigenvalue weighted by atomic mass is 16.3. The van der Waals surface area contributed by atoms with Gasteiger partial charge in [-0.3, -0.25) is 14.6 Å². The number of carbonyl (C=O) groups excluding carboxylic acids is 2. The molecule has 1 aromatic rings. The first-order chi connectivity index (χ1) is 9.06. The summed E-state index contributed by atoms with van der Waals surface area (Å²) < 4.78 is 0. The van der Waals surface area contributed by atoms with Crippen LogP contribution in [0, 0.1) is 0 Å². The summed E-state index contributed by atoms with van der Waals surface area (Å²) in [5, 5.41) is 12.1. The third kappa shape index (κ3) is 3.51. The van der Waals surface area contributed by atoms with E-state index >= 15 is 0 Å². The molecule has 1 unspecified atom stereocenters. The van der Waals surface area contributed by atoms with E-state index in [0.717, 1.165) is 0 Å². The third-order valence-corrected chi connectivity index (χ3v) is 3.03. The molecule has 0 aromatic carbocycles. The lowest BCUT2D eigenvalue weighted by atomic mass is 10.2. The summed E-state index contributed by atoms with van der Waals surface area (Å²) in [5.41, 5.74) is 1.17. The van der Waals surface area contributed by atoms with E-state index < -0.39 is 6.10 Å². The van der Waals surface area contributed by atoms with Crippen molar-refractivity contribution in [3.05, 3.63) is 29.6 Å². The number of amides is 2. The average Bonchev–Trinajstić information content (AvgIpc) is 2.82. The maximum absolute atomic E-state index is 12.2. The van der Waals surface area contributed by atoms with E-state index in [2.05, 4.69) is 10.3 Å². The van der Waals surface area contributed by atoms with E-state index in [4.69, 9.17) is 0 Å². The zero-order valence-electron chi connectivity index (χ0n) is 10.8. The minimum absolute atomic E-state index is 0.108. The van der Waals surface area contributed by atoms with Crippen LogP contribution in [0.3, 0.4) is 0 Å². The van der Waals surface area contributed by atoms with Gasteiger partial charge in [0.1, 0.15) is 0 Å². The van der Waals surface area contributed by atoms with Crippen molar-refractivity contribution in [3.63, 3.8) is 0 Å². The maximum Gasteiger partial charge on any atom is 0.254 e. The van der Waals surface area contributed by atoms with Crippen LogP contribution in [0.5, 0.6) is 0 Å². The van der Waals surface area contributed by atoms with Gasteiger partial charge in [-0.2, -0.15) is 0 Å². The lowest BCUT2D eigenvalue weighted by Gasteiger charge is -2.15. The van der Waals surface area contributed by atoms with Crippen LogP contribution >= 0.6 is 0 Å². The van der Waals surface area contributed by atoms with Gasteiger partial charge in [0.05, 0.1) is 18.3 Å². The number of likely N-dealkylation sites (tertiary alicyclic amines) is 1. The summed E-state index contributed by atoms with van der Waals surface area (Å²) in [5.74, 6) is -0.246. The normalized spacial score (nSPS) is 18.4. The number of rotatable bonds is 3. The molecule has 0 bridgehead atoms. The molecule has 1 aliphatic rings. The van der Waals surface area contributed by atoms with E-state index in [1.807, 2.05) is 0 Å². The number of β-amino-alcohol motifs (C(OH)–C–C–N with tert-alkyl or cyclic N) is 1. The van der Waals surface area contributed by atoms with Crippen LogP contribution in [0.1, 0.15) is 29.4 Å². The predicted molar refractivity (Wildman–Crippen MR) is 68.3 cm³/mol. The van der Waals surface area contributed by atoms with E-state index in [9.17, 15) is 14.7 Å². The molecule has 0 radical (unpaired) electrons. The first-order valence-electron chi connectivity index (χ1n) is 6.23. The molecule has 1 aliphatic heterocycles. The molecule has 2 N–H and O–H groups in total. The van der Waals surface area contributed by atoms with Crippen LogP contribution in [0.4, 0.5) is 0 Å². The van der Waals surface area contributed by atoms with Gasteiger partial charge in [-0.25, -0.2) is 0 Å². The van der Waals surface area contributed by atoms with Gasteiger partial charge in [-0.1, -0.05) is 0 Å². The maximum atomic E-state index is 12.2. The molecule has 1 aromatic heterocycles. The Balaban J connectivity index is 2.05. The van der Waals surface area contributed by atoms with Crippen molar-refractivity contribution >= 4 is 11.8 Å². The van der Waals surface area contributed by atoms with Gasteiger partial charge in [0.15, 0.2) is 0 Å². The molecule has 0 saturated carbocycles. The number of aliphatic hydroxyl groups is 1. The van der Waals surface area contributed by atoms with Crippen molar-refractivity contribution in [3.8, 4) is 0 Å². The highest BCUT2D eigenvalue weighted by Crippen LogP contribution is 2.13. The SMILES string of the molecule is CC(=O)NCc1cc(C(=O)N2CCC(O)C2)ccn1. The highest BCUT2D eigenvalue weighted by molar-refractivity contribution is 5.94. The molecule has 1 saturated heterocycles. The summed E-state index contributed by atoms with van der Waals surface area (Å²) in [7, 11) is 0. The van der Waals surface area contributed by atoms with Crippen molar-refractivity contribution in [1.82, 2.24) is 15.2 Å². The zero-order valence-corrected chi connectivity index (χ0v) is 10.8. The molecule has 1 fully saturated rings. The lowest BCUT2D eigenvalue weighted by molar-refractivity contribution is -0.119. The molecule has 0 spiro atoms. The minimum Gasteiger partial charge on any atom is -0.391 e. The Morgan fingerprint density at radius 1 is 1.58 bits per heavy atom. The van der Waals surface area contributed by atoms with Crippen molar-refractivity contribution in [2.45, 2.75) is 26.0 Å². The number of aromatic nitrogens is 1. The van der Waals surface area contributed by atoms with Crippen LogP contribution in [0.15, 0.2) is 18.3 Å². The first-order valence-corrected chi connectivity index (χ1v) is 6.23. The average molecular weight is 263 g/mol. The van der Waals surface area contributed by atoms with Crippen molar-refractivity contribution in [1.29, 1.82) is 0 Å². The van der Waals surface area contributed by atoms with E-state index in [1.54, 1.807) is 23.2 Å². The highest BCUT2D eigenvalue weighted by Gasteiger charge is 2.25. The Kier molecular flexibility index (Phi) is 4.11. The standard InChI is InChI=1S/C13H17N3O3/c1-9(17)15-7-11-6-10(2-4-14-11)13(19)16-5-3-12(18)8-16/h2,4,6,12,18H,3,5,7-8H2,1H3,(H,15,17). The quantitative estimate of drug-likeness (QED) is 0.799. The van der Waals surface area contributed by atoms with Crippen LogP contribution in [-0.2, 0) is 11.3 Å². The van der Waals surface area contributed by atoms with Gasteiger partial charge >= 0.3 is 0 Å². The summed E-state index contributed by atoms with van der Waals surface area (Å²) in [6.45, 7) is 2.69. The third-order valence-electron chi connectivity index (χ3n) is 3.03. The molecule has 6 heteroatoms. The lowest BCUT2D eigenvalue weighted by Crippen LogP contribution is -2.29. The fourth-order valence-electron chi connectivity index (χ4n) is 2.03. The number of aliphatic hydroxyl groups excluding tert-OH is 1. The van der Waals surface area contributed by atoms with Gasteiger partial charge in [-0.15, -0.1) is 0 Å². The predicted octanol–water partition coefficient (Wildman–Crippen LogP) is -0.0755. The number of pyridine rings is 1. The Labute approximate surface area is 111 Å². The van der Waals surface area contributed by atoms with Crippen LogP contribution < -0.4 is 5.32 Å². The number of nitrogens with one attached hydrogen (secondary N) is 1. The van der Waals surface area contributed by atoms with Gasteiger partial charge in [0, 0.05) is 31.8 Å². The summed E-state index contributed by atoms with van der Waals surface area (Å²) in [4.78, 5) is 28.7. The van der Waals surface area contributed by atoms with Gasteiger partial charge in [0.25, 0.3) is 5.91 Å². The minimum atomic E-state index is -0.426. The second kappa shape index (κ2) is 5.79. The monoisotopic (exact) mass is 263 g/mol. The summed E-state index contributed by atoms with van der Waals surface area (Å²) in [6.07, 6.45) is 1.75. The van der Waals surface area contributed by atoms with Crippen LogP contribution in [0.25, 0.3) is 0 Å². The number of carbonyl (C=O) groups is 2. The zero-order chi connectivity index (χ0) is 13.8. The van der Waals surface area contributed by atoms with Crippen LogP contribution in [-0.4, -0.2) is 46.0 Å². The van der Waals surface area contributed by atoms with Crippen molar-refractivity contribution < 1.29 is 14.7 Å². The van der Waals surface area contributed by atoms with Crippen molar-refractivity contribution in [2.24, 2.45) is 0 Å². The molecule has 19 heavy (non-hydrogen) atoms. The second-order valence-electron chi connectivity index (χ2n) is 4.64. The van der Waals surface area contributed by atoms with Crippen LogP contribution in [0.2, 0.25) is 0 Å². The van der Waals surface area contributed by atoms with Gasteiger partial charge in [0.2, 0.25) is 5.91 Å². The van der Waals surface area contributed by atoms with E-state index in [1.165, 1.54) is 6.92 Å². The molecule has 0 aliphatic carbocycles. The smallest absolute Gasteiger partial charge is 0.254 e. The number of hydrogen-bond donors (Lipinski definition) is 2. The molecule has 102 valence electrons. The molecule has 2 heterocycles. The van der Waals surface area contributed by atoms with Gasteiger partial charge in [-0.05, 0) is 18.6 Å². The fourth-order valence-corrected chi connectivity index (χ4v) is 2.03.